The van der Waals surface area contributed by atoms with Crippen LogP contribution in [0.1, 0.15) is 45.4 Å². The standard InChI is InChI=1S/C13H21NO2/c1-10-9-14(8-7-12(10)15)13(16)11-5-3-2-4-6-11/h10-11H,2-9H2,1H3. The number of nitrogens with zero attached hydrogens (tertiary/aromatic N) is 1. The minimum absolute atomic E-state index is 0.0429. The van der Waals surface area contributed by atoms with Crippen LogP contribution in [-0.2, 0) is 9.59 Å². The minimum atomic E-state index is 0.0429. The molecule has 1 unspecified atom stereocenters. The van der Waals surface area contributed by atoms with Crippen molar-refractivity contribution in [3.8, 4) is 0 Å². The molecular formula is C13H21NO2. The first-order valence-corrected chi connectivity index (χ1v) is 6.50. The van der Waals surface area contributed by atoms with Gasteiger partial charge < -0.3 is 4.90 Å². The molecule has 90 valence electrons. The lowest BCUT2D eigenvalue weighted by atomic mass is 9.87. The van der Waals surface area contributed by atoms with E-state index in [0.29, 0.717) is 31.2 Å². The van der Waals surface area contributed by atoms with Crippen LogP contribution in [0.3, 0.4) is 0 Å². The summed E-state index contributed by atoms with van der Waals surface area (Å²) < 4.78 is 0. The molecule has 3 nitrogen and oxygen atoms in total. The molecule has 0 aromatic heterocycles. The van der Waals surface area contributed by atoms with E-state index in [0.717, 1.165) is 12.8 Å². The predicted molar refractivity (Wildman–Crippen MR) is 61.9 cm³/mol. The Morgan fingerprint density at radius 3 is 2.56 bits per heavy atom. The maximum Gasteiger partial charge on any atom is 0.225 e. The Morgan fingerprint density at radius 2 is 1.94 bits per heavy atom. The van der Waals surface area contributed by atoms with Gasteiger partial charge in [-0.2, -0.15) is 0 Å². The van der Waals surface area contributed by atoms with Gasteiger partial charge in [0, 0.05) is 31.3 Å². The summed E-state index contributed by atoms with van der Waals surface area (Å²) in [7, 11) is 0. The molecule has 1 aliphatic heterocycles. The van der Waals surface area contributed by atoms with E-state index < -0.39 is 0 Å². The monoisotopic (exact) mass is 223 g/mol. The number of hydrogen-bond acceptors (Lipinski definition) is 2. The fourth-order valence-corrected chi connectivity index (χ4v) is 2.82. The van der Waals surface area contributed by atoms with E-state index in [9.17, 15) is 9.59 Å². The molecule has 1 aliphatic carbocycles. The van der Waals surface area contributed by atoms with Gasteiger partial charge in [-0.25, -0.2) is 0 Å². The highest BCUT2D eigenvalue weighted by molar-refractivity contribution is 5.85. The molecule has 2 rings (SSSR count). The van der Waals surface area contributed by atoms with Crippen molar-refractivity contribution in [2.75, 3.05) is 13.1 Å². The van der Waals surface area contributed by atoms with Crippen LogP contribution in [0, 0.1) is 11.8 Å². The van der Waals surface area contributed by atoms with Crippen LogP contribution in [-0.4, -0.2) is 29.7 Å². The summed E-state index contributed by atoms with van der Waals surface area (Å²) in [5, 5.41) is 0. The third-order valence-electron chi connectivity index (χ3n) is 3.94. The molecule has 16 heavy (non-hydrogen) atoms. The highest BCUT2D eigenvalue weighted by atomic mass is 16.2. The van der Waals surface area contributed by atoms with Crippen molar-refractivity contribution in [3.63, 3.8) is 0 Å². The van der Waals surface area contributed by atoms with E-state index in [1.165, 1.54) is 19.3 Å². The molecule has 0 N–H and O–H groups in total. The first-order chi connectivity index (χ1) is 7.68. The van der Waals surface area contributed by atoms with E-state index in [4.69, 9.17) is 0 Å². The second-order valence-electron chi connectivity index (χ2n) is 5.24. The largest absolute Gasteiger partial charge is 0.341 e. The Bertz CT molecular complexity index is 282. The van der Waals surface area contributed by atoms with Crippen LogP contribution in [0.2, 0.25) is 0 Å². The molecule has 2 aliphatic rings. The molecule has 0 aromatic carbocycles. The molecule has 3 heteroatoms. The highest BCUT2D eigenvalue weighted by Gasteiger charge is 2.31. The third-order valence-corrected chi connectivity index (χ3v) is 3.94. The smallest absolute Gasteiger partial charge is 0.225 e. The quantitative estimate of drug-likeness (QED) is 0.682. The van der Waals surface area contributed by atoms with Gasteiger partial charge in [-0.15, -0.1) is 0 Å². The SMILES string of the molecule is CC1CN(C(=O)C2CCCCC2)CCC1=O. The average molecular weight is 223 g/mol. The van der Waals surface area contributed by atoms with E-state index in [1.54, 1.807) is 0 Å². The zero-order valence-electron chi connectivity index (χ0n) is 10.1. The third kappa shape index (κ3) is 2.45. The van der Waals surface area contributed by atoms with Gasteiger partial charge in [-0.05, 0) is 12.8 Å². The summed E-state index contributed by atoms with van der Waals surface area (Å²) in [4.78, 5) is 25.5. The van der Waals surface area contributed by atoms with E-state index in [-0.39, 0.29) is 11.8 Å². The van der Waals surface area contributed by atoms with Gasteiger partial charge in [0.2, 0.25) is 5.91 Å². The first-order valence-electron chi connectivity index (χ1n) is 6.50. The molecule has 1 heterocycles. The van der Waals surface area contributed by atoms with Crippen LogP contribution in [0.5, 0.6) is 0 Å². The number of ketones is 1. The normalized spacial score (nSPS) is 28.2. The molecule has 2 fully saturated rings. The van der Waals surface area contributed by atoms with Crippen LogP contribution in [0.15, 0.2) is 0 Å². The van der Waals surface area contributed by atoms with Crippen molar-refractivity contribution in [2.24, 2.45) is 11.8 Å². The number of carbonyl (C=O) groups excluding carboxylic acids is 2. The van der Waals surface area contributed by atoms with E-state index >= 15 is 0 Å². The maximum atomic E-state index is 12.2. The summed E-state index contributed by atoms with van der Waals surface area (Å²) in [5.41, 5.74) is 0. The molecular weight excluding hydrogens is 202 g/mol. The summed E-state index contributed by atoms with van der Waals surface area (Å²) in [6.45, 7) is 3.23. The number of rotatable bonds is 1. The second kappa shape index (κ2) is 4.98. The second-order valence-corrected chi connectivity index (χ2v) is 5.24. The molecule has 0 bridgehead atoms. The van der Waals surface area contributed by atoms with Gasteiger partial charge in [-0.1, -0.05) is 26.2 Å². The van der Waals surface area contributed by atoms with Crippen LogP contribution in [0.25, 0.3) is 0 Å². The molecule has 1 saturated carbocycles. The van der Waals surface area contributed by atoms with Crippen molar-refractivity contribution in [2.45, 2.75) is 45.4 Å². The molecule has 1 atom stereocenters. The number of Topliss-reactive ketones (excluding diaryl/α,β-unsaturated/α-hetero) is 1. The zero-order chi connectivity index (χ0) is 11.5. The highest BCUT2D eigenvalue weighted by Crippen LogP contribution is 2.26. The lowest BCUT2D eigenvalue weighted by Gasteiger charge is -2.34. The number of likely N-dealkylation sites (tertiary alicyclic amines) is 1. The lowest BCUT2D eigenvalue weighted by molar-refractivity contribution is -0.141. The van der Waals surface area contributed by atoms with E-state index in [2.05, 4.69) is 0 Å². The van der Waals surface area contributed by atoms with Crippen molar-refractivity contribution in [1.82, 2.24) is 4.90 Å². The molecule has 1 saturated heterocycles. The molecule has 0 radical (unpaired) electrons. The fourth-order valence-electron chi connectivity index (χ4n) is 2.82. The fraction of sp³-hybridized carbons (Fsp3) is 0.846. The van der Waals surface area contributed by atoms with Crippen molar-refractivity contribution >= 4 is 11.7 Å². The summed E-state index contributed by atoms with van der Waals surface area (Å²) in [6, 6.07) is 0. The van der Waals surface area contributed by atoms with Crippen LogP contribution in [0.4, 0.5) is 0 Å². The Labute approximate surface area is 97.2 Å². The molecule has 0 spiro atoms. The first kappa shape index (κ1) is 11.6. The van der Waals surface area contributed by atoms with Crippen molar-refractivity contribution in [3.05, 3.63) is 0 Å². The van der Waals surface area contributed by atoms with Gasteiger partial charge in [0.25, 0.3) is 0 Å². The van der Waals surface area contributed by atoms with Crippen molar-refractivity contribution in [1.29, 1.82) is 0 Å². The Balaban J connectivity index is 1.91. The minimum Gasteiger partial charge on any atom is -0.341 e. The van der Waals surface area contributed by atoms with Crippen LogP contribution >= 0.6 is 0 Å². The van der Waals surface area contributed by atoms with Gasteiger partial charge in [-0.3, -0.25) is 9.59 Å². The number of piperidine rings is 1. The van der Waals surface area contributed by atoms with E-state index in [1.807, 2.05) is 11.8 Å². The lowest BCUT2D eigenvalue weighted by Crippen LogP contribution is -2.45. The average Bonchev–Trinajstić information content (AvgIpc) is 2.33. The predicted octanol–water partition coefficient (Wildman–Crippen LogP) is 2.00. The van der Waals surface area contributed by atoms with Crippen LogP contribution < -0.4 is 0 Å². The summed E-state index contributed by atoms with van der Waals surface area (Å²) >= 11 is 0. The topological polar surface area (TPSA) is 37.4 Å². The Morgan fingerprint density at radius 1 is 1.25 bits per heavy atom. The molecule has 0 aromatic rings. The zero-order valence-corrected chi connectivity index (χ0v) is 10.1. The number of amides is 1. The molecule has 1 amide bonds. The Kier molecular flexibility index (Phi) is 3.62. The summed E-state index contributed by atoms with van der Waals surface area (Å²) in [6.07, 6.45) is 6.32. The van der Waals surface area contributed by atoms with Crippen molar-refractivity contribution < 1.29 is 9.59 Å². The van der Waals surface area contributed by atoms with Gasteiger partial charge >= 0.3 is 0 Å². The van der Waals surface area contributed by atoms with Gasteiger partial charge in [0.1, 0.15) is 5.78 Å². The Hall–Kier alpha value is -0.860. The van der Waals surface area contributed by atoms with Gasteiger partial charge in [0.15, 0.2) is 0 Å². The number of hydrogen-bond donors (Lipinski definition) is 0. The summed E-state index contributed by atoms with van der Waals surface area (Å²) in [5.74, 6) is 0.905. The maximum absolute atomic E-state index is 12.2. The van der Waals surface area contributed by atoms with Gasteiger partial charge in [0.05, 0.1) is 0 Å². The number of carbonyl (C=O) groups is 2.